The summed E-state index contributed by atoms with van der Waals surface area (Å²) in [5.74, 6) is -2.36. The van der Waals surface area contributed by atoms with Gasteiger partial charge in [0, 0.05) is 32.8 Å². The Labute approximate surface area is 189 Å². The number of carbonyl (C=O) groups is 2. The standard InChI is InChI=1S/C23H24ClFN2O5/c1-3-32-14-9-23(10-14)12-26(2)22(31)19-21(30)20(29)15(11-27(19)23)17(28)8-7-13-5-4-6-16(24)18(13)25/h4-6,11,14,30H,3,7-10,12H2,1-2H3. The lowest BCUT2D eigenvalue weighted by molar-refractivity contribution is -0.0825. The van der Waals surface area contributed by atoms with E-state index in [-0.39, 0.29) is 40.8 Å². The average molecular weight is 463 g/mol. The van der Waals surface area contributed by atoms with E-state index >= 15 is 0 Å². The molecule has 170 valence electrons. The Kier molecular flexibility index (Phi) is 5.85. The van der Waals surface area contributed by atoms with Crippen molar-refractivity contribution in [2.45, 2.75) is 44.2 Å². The first-order chi connectivity index (χ1) is 15.2. The number of halogens is 2. The maximum absolute atomic E-state index is 14.2. The Bertz CT molecular complexity index is 1160. The number of amides is 1. The van der Waals surface area contributed by atoms with Crippen LogP contribution in [0, 0.1) is 5.82 Å². The van der Waals surface area contributed by atoms with E-state index in [1.807, 2.05) is 6.92 Å². The molecule has 1 saturated carbocycles. The molecule has 1 aromatic heterocycles. The topological polar surface area (TPSA) is 88.8 Å². The molecular formula is C23H24ClFN2O5. The van der Waals surface area contributed by atoms with Gasteiger partial charge in [-0.1, -0.05) is 23.7 Å². The van der Waals surface area contributed by atoms with Crippen LogP contribution >= 0.6 is 11.6 Å². The van der Waals surface area contributed by atoms with Gasteiger partial charge in [0.15, 0.2) is 17.2 Å². The Morgan fingerprint density at radius 3 is 2.75 bits per heavy atom. The largest absolute Gasteiger partial charge is 0.503 e. The summed E-state index contributed by atoms with van der Waals surface area (Å²) in [4.78, 5) is 39.9. The third kappa shape index (κ3) is 3.61. The molecule has 1 aliphatic heterocycles. The van der Waals surface area contributed by atoms with E-state index in [4.69, 9.17) is 16.3 Å². The van der Waals surface area contributed by atoms with E-state index in [9.17, 15) is 23.9 Å². The highest BCUT2D eigenvalue weighted by Crippen LogP contribution is 2.45. The fourth-order valence-corrected chi connectivity index (χ4v) is 4.93. The first kappa shape index (κ1) is 22.5. The van der Waals surface area contributed by atoms with Crippen molar-refractivity contribution in [1.29, 1.82) is 0 Å². The molecule has 1 N–H and O–H groups in total. The molecule has 7 nitrogen and oxygen atoms in total. The summed E-state index contributed by atoms with van der Waals surface area (Å²) in [5, 5.41) is 10.6. The highest BCUT2D eigenvalue weighted by atomic mass is 35.5. The molecule has 0 bridgehead atoms. The number of ether oxygens (including phenoxy) is 1. The molecule has 0 saturated heterocycles. The average Bonchev–Trinajstić information content (AvgIpc) is 2.73. The minimum Gasteiger partial charge on any atom is -0.503 e. The first-order valence-electron chi connectivity index (χ1n) is 10.5. The highest BCUT2D eigenvalue weighted by Gasteiger charge is 2.52. The second-order valence-electron chi connectivity index (χ2n) is 8.45. The number of hydrogen-bond acceptors (Lipinski definition) is 5. The molecule has 2 aromatic rings. The summed E-state index contributed by atoms with van der Waals surface area (Å²) in [6.45, 7) is 2.84. The van der Waals surface area contributed by atoms with Crippen molar-refractivity contribution in [2.75, 3.05) is 20.2 Å². The fourth-order valence-electron chi connectivity index (χ4n) is 4.74. The van der Waals surface area contributed by atoms with Crippen LogP contribution in [0.4, 0.5) is 4.39 Å². The third-order valence-corrected chi connectivity index (χ3v) is 6.64. The Balaban J connectivity index is 1.68. The van der Waals surface area contributed by atoms with Crippen molar-refractivity contribution < 1.29 is 23.8 Å². The maximum Gasteiger partial charge on any atom is 0.274 e. The number of aromatic hydroxyl groups is 1. The molecule has 1 spiro atoms. The molecule has 0 radical (unpaired) electrons. The minimum atomic E-state index is -0.896. The molecule has 1 aromatic carbocycles. The van der Waals surface area contributed by atoms with E-state index in [0.29, 0.717) is 26.0 Å². The zero-order chi connectivity index (χ0) is 23.2. The highest BCUT2D eigenvalue weighted by molar-refractivity contribution is 6.30. The molecule has 32 heavy (non-hydrogen) atoms. The molecule has 2 heterocycles. The lowest BCUT2D eigenvalue weighted by Crippen LogP contribution is -2.61. The summed E-state index contributed by atoms with van der Waals surface area (Å²) in [6.07, 6.45) is 2.46. The van der Waals surface area contributed by atoms with Gasteiger partial charge in [-0.05, 0) is 37.8 Å². The molecule has 1 aliphatic carbocycles. The molecule has 0 atom stereocenters. The van der Waals surface area contributed by atoms with Crippen molar-refractivity contribution in [3.63, 3.8) is 0 Å². The van der Waals surface area contributed by atoms with Crippen molar-refractivity contribution in [3.05, 3.63) is 62.3 Å². The quantitative estimate of drug-likeness (QED) is 0.666. The molecule has 4 rings (SSSR count). The number of pyridine rings is 1. The first-order valence-corrected chi connectivity index (χ1v) is 10.9. The van der Waals surface area contributed by atoms with Gasteiger partial charge in [-0.2, -0.15) is 0 Å². The van der Waals surface area contributed by atoms with Gasteiger partial charge in [-0.25, -0.2) is 4.39 Å². The summed E-state index contributed by atoms with van der Waals surface area (Å²) < 4.78 is 21.4. The normalized spacial score (nSPS) is 22.1. The smallest absolute Gasteiger partial charge is 0.274 e. The summed E-state index contributed by atoms with van der Waals surface area (Å²) >= 11 is 5.79. The predicted molar refractivity (Wildman–Crippen MR) is 116 cm³/mol. The van der Waals surface area contributed by atoms with Gasteiger partial charge in [0.2, 0.25) is 5.43 Å². The van der Waals surface area contributed by atoms with Gasteiger partial charge < -0.3 is 19.3 Å². The van der Waals surface area contributed by atoms with Crippen LogP contribution in [0.1, 0.15) is 52.6 Å². The number of rotatable bonds is 6. The summed E-state index contributed by atoms with van der Waals surface area (Å²) in [6, 6.07) is 4.53. The van der Waals surface area contributed by atoms with Crippen LogP contribution in [0.3, 0.4) is 0 Å². The number of hydrogen-bond donors (Lipinski definition) is 1. The van der Waals surface area contributed by atoms with Crippen molar-refractivity contribution in [2.24, 2.45) is 0 Å². The van der Waals surface area contributed by atoms with E-state index in [0.717, 1.165) is 0 Å². The Morgan fingerprint density at radius 2 is 2.06 bits per heavy atom. The van der Waals surface area contributed by atoms with Crippen LogP contribution in [0.2, 0.25) is 5.02 Å². The maximum atomic E-state index is 14.2. The molecular weight excluding hydrogens is 439 g/mol. The van der Waals surface area contributed by atoms with E-state index in [1.54, 1.807) is 17.7 Å². The van der Waals surface area contributed by atoms with Crippen LogP contribution in [0.25, 0.3) is 0 Å². The second kappa shape index (κ2) is 8.33. The Morgan fingerprint density at radius 1 is 1.34 bits per heavy atom. The molecule has 1 fully saturated rings. The lowest BCUT2D eigenvalue weighted by atomic mass is 9.72. The van der Waals surface area contributed by atoms with Crippen LogP contribution < -0.4 is 5.43 Å². The SMILES string of the molecule is CCOC1CC2(C1)CN(C)C(=O)c1c(O)c(=O)c(C(=O)CCc3cccc(Cl)c3F)cn12. The second-order valence-corrected chi connectivity index (χ2v) is 8.85. The van der Waals surface area contributed by atoms with Gasteiger partial charge in [-0.3, -0.25) is 14.4 Å². The number of carbonyl (C=O) groups excluding carboxylic acids is 2. The van der Waals surface area contributed by atoms with Gasteiger partial charge >= 0.3 is 0 Å². The zero-order valence-electron chi connectivity index (χ0n) is 17.9. The number of nitrogens with zero attached hydrogens (tertiary/aromatic N) is 2. The number of ketones is 1. The van der Waals surface area contributed by atoms with Gasteiger partial charge in [0.05, 0.1) is 22.2 Å². The monoisotopic (exact) mass is 462 g/mol. The van der Waals surface area contributed by atoms with E-state index in [1.165, 1.54) is 23.2 Å². The van der Waals surface area contributed by atoms with Crippen LogP contribution in [-0.2, 0) is 16.7 Å². The number of aryl methyl sites for hydroxylation is 1. The number of benzene rings is 1. The van der Waals surface area contributed by atoms with Crippen molar-refractivity contribution in [3.8, 4) is 5.75 Å². The fraction of sp³-hybridized carbons (Fsp3) is 0.435. The molecule has 0 unspecified atom stereocenters. The van der Waals surface area contributed by atoms with Gasteiger partial charge in [0.25, 0.3) is 5.91 Å². The number of Topliss-reactive ketones (excluding diaryl/α,β-unsaturated/α-hetero) is 1. The zero-order valence-corrected chi connectivity index (χ0v) is 18.6. The molecule has 2 aliphatic rings. The van der Waals surface area contributed by atoms with E-state index in [2.05, 4.69) is 0 Å². The summed E-state index contributed by atoms with van der Waals surface area (Å²) in [5.41, 5.74) is -1.52. The van der Waals surface area contributed by atoms with E-state index < -0.39 is 34.2 Å². The third-order valence-electron chi connectivity index (χ3n) is 6.35. The number of fused-ring (bicyclic) bond motifs is 2. The number of likely N-dealkylation sites (N-methyl/N-ethyl adjacent to an activating group) is 1. The molecule has 9 heteroatoms. The Hall–Kier alpha value is -2.71. The van der Waals surface area contributed by atoms with Crippen molar-refractivity contribution in [1.82, 2.24) is 9.47 Å². The summed E-state index contributed by atoms with van der Waals surface area (Å²) in [7, 11) is 1.62. The van der Waals surface area contributed by atoms with Gasteiger partial charge in [0.1, 0.15) is 5.82 Å². The molecule has 1 amide bonds. The van der Waals surface area contributed by atoms with Gasteiger partial charge in [-0.15, -0.1) is 0 Å². The lowest BCUT2D eigenvalue weighted by Gasteiger charge is -2.53. The predicted octanol–water partition coefficient (Wildman–Crippen LogP) is 3.14. The van der Waals surface area contributed by atoms with Crippen LogP contribution in [0.15, 0.2) is 29.2 Å². The van der Waals surface area contributed by atoms with Crippen molar-refractivity contribution >= 4 is 23.3 Å². The van der Waals surface area contributed by atoms with Crippen LogP contribution in [-0.4, -0.2) is 52.6 Å². The number of aromatic nitrogens is 1. The minimum absolute atomic E-state index is 0.000906. The van der Waals surface area contributed by atoms with Crippen LogP contribution in [0.5, 0.6) is 5.75 Å².